The number of aromatic nitrogens is 2. The summed E-state index contributed by atoms with van der Waals surface area (Å²) in [6.45, 7) is 5.33. The highest BCUT2D eigenvalue weighted by atomic mass is 32.1. The third-order valence-corrected chi connectivity index (χ3v) is 4.82. The molecule has 2 aromatic heterocycles. The van der Waals surface area contributed by atoms with Crippen LogP contribution in [0.3, 0.4) is 0 Å². The first-order valence-corrected chi connectivity index (χ1v) is 7.55. The van der Waals surface area contributed by atoms with Gasteiger partial charge < -0.3 is 15.5 Å². The van der Waals surface area contributed by atoms with Gasteiger partial charge in [-0.15, -0.1) is 0 Å². The first-order valence-electron chi connectivity index (χ1n) is 6.77. The predicted molar refractivity (Wildman–Crippen MR) is 84.1 cm³/mol. The van der Waals surface area contributed by atoms with Crippen molar-refractivity contribution >= 4 is 22.4 Å². The van der Waals surface area contributed by atoms with E-state index in [1.807, 2.05) is 18.3 Å². The average molecular weight is 289 g/mol. The molecular weight excluding hydrogens is 270 g/mol. The van der Waals surface area contributed by atoms with Crippen molar-refractivity contribution in [2.75, 3.05) is 37.3 Å². The molecule has 0 saturated carbocycles. The zero-order valence-corrected chi connectivity index (χ0v) is 12.6. The molecule has 0 radical (unpaired) electrons. The van der Waals surface area contributed by atoms with Gasteiger partial charge in [-0.2, -0.15) is 4.37 Å². The van der Waals surface area contributed by atoms with Crippen LogP contribution in [0.1, 0.15) is 6.92 Å². The monoisotopic (exact) mass is 289 g/mol. The van der Waals surface area contributed by atoms with Crippen LogP contribution in [0.2, 0.25) is 0 Å². The zero-order valence-electron chi connectivity index (χ0n) is 11.8. The molecule has 0 amide bonds. The summed E-state index contributed by atoms with van der Waals surface area (Å²) in [4.78, 5) is 8.96. The molecule has 6 heteroatoms. The molecule has 1 aliphatic heterocycles. The zero-order chi connectivity index (χ0) is 14.1. The van der Waals surface area contributed by atoms with Gasteiger partial charge in [-0.1, -0.05) is 6.07 Å². The molecule has 1 unspecified atom stereocenters. The quantitative estimate of drug-likeness (QED) is 0.915. The molecule has 1 aliphatic rings. The molecule has 0 aromatic carbocycles. The highest BCUT2D eigenvalue weighted by Crippen LogP contribution is 2.39. The number of piperazine rings is 1. The molecule has 3 rings (SSSR count). The van der Waals surface area contributed by atoms with Gasteiger partial charge in [0, 0.05) is 43.6 Å². The van der Waals surface area contributed by atoms with Crippen LogP contribution in [-0.4, -0.2) is 47.0 Å². The molecular formula is C14H19N5S. The van der Waals surface area contributed by atoms with Gasteiger partial charge in [0.25, 0.3) is 0 Å². The molecule has 1 atom stereocenters. The first kappa shape index (κ1) is 13.3. The number of likely N-dealkylation sites (N-methyl/N-ethyl adjacent to an activating group) is 1. The SMILES string of the molecule is CC1CN(c2snc(N)c2-c2cccnc2)CCN1C. The van der Waals surface area contributed by atoms with Crippen molar-refractivity contribution in [3.05, 3.63) is 24.5 Å². The topological polar surface area (TPSA) is 58.3 Å². The lowest BCUT2D eigenvalue weighted by Crippen LogP contribution is -2.50. The second-order valence-electron chi connectivity index (χ2n) is 5.27. The third kappa shape index (κ3) is 2.36. The Morgan fingerprint density at radius 2 is 2.25 bits per heavy atom. The van der Waals surface area contributed by atoms with Crippen LogP contribution in [0, 0.1) is 0 Å². The first-order chi connectivity index (χ1) is 9.66. The molecule has 2 N–H and O–H groups in total. The largest absolute Gasteiger partial charge is 0.382 e. The van der Waals surface area contributed by atoms with E-state index in [1.54, 1.807) is 6.20 Å². The Hall–Kier alpha value is -1.66. The summed E-state index contributed by atoms with van der Waals surface area (Å²) in [7, 11) is 2.17. The van der Waals surface area contributed by atoms with Gasteiger partial charge in [0.15, 0.2) is 0 Å². The summed E-state index contributed by atoms with van der Waals surface area (Å²) in [5, 5.41) is 1.16. The van der Waals surface area contributed by atoms with E-state index in [0.29, 0.717) is 11.9 Å². The highest BCUT2D eigenvalue weighted by Gasteiger charge is 2.25. The smallest absolute Gasteiger partial charge is 0.147 e. The van der Waals surface area contributed by atoms with E-state index in [4.69, 9.17) is 5.73 Å². The second-order valence-corrected chi connectivity index (χ2v) is 6.02. The number of anilines is 2. The lowest BCUT2D eigenvalue weighted by atomic mass is 10.1. The Balaban J connectivity index is 1.96. The standard InChI is InChI=1S/C14H19N5S/c1-10-9-19(7-6-18(10)2)14-12(13(15)17-20-14)11-4-3-5-16-8-11/h3-5,8,10H,6-7,9H2,1-2H3,(H2,15,17). The molecule has 20 heavy (non-hydrogen) atoms. The summed E-state index contributed by atoms with van der Waals surface area (Å²) in [5.41, 5.74) is 8.15. The molecule has 2 aromatic rings. The van der Waals surface area contributed by atoms with Crippen LogP contribution in [0.15, 0.2) is 24.5 Å². The van der Waals surface area contributed by atoms with Crippen molar-refractivity contribution < 1.29 is 0 Å². The maximum atomic E-state index is 6.08. The van der Waals surface area contributed by atoms with Crippen LogP contribution in [0.4, 0.5) is 10.8 Å². The molecule has 1 fully saturated rings. The van der Waals surface area contributed by atoms with Crippen LogP contribution in [0.25, 0.3) is 11.1 Å². The molecule has 0 bridgehead atoms. The summed E-state index contributed by atoms with van der Waals surface area (Å²) in [6, 6.07) is 4.51. The van der Waals surface area contributed by atoms with Crippen molar-refractivity contribution in [2.24, 2.45) is 0 Å². The Morgan fingerprint density at radius 3 is 2.95 bits per heavy atom. The van der Waals surface area contributed by atoms with E-state index in [1.165, 1.54) is 11.5 Å². The number of nitrogens with two attached hydrogens (primary N) is 1. The van der Waals surface area contributed by atoms with E-state index in [0.717, 1.165) is 35.8 Å². The van der Waals surface area contributed by atoms with Crippen molar-refractivity contribution in [2.45, 2.75) is 13.0 Å². The molecule has 0 spiro atoms. The average Bonchev–Trinajstić information content (AvgIpc) is 2.85. The van der Waals surface area contributed by atoms with Gasteiger partial charge in [0.1, 0.15) is 10.8 Å². The number of nitrogens with zero attached hydrogens (tertiary/aromatic N) is 4. The molecule has 1 saturated heterocycles. The van der Waals surface area contributed by atoms with Gasteiger partial charge in [-0.25, -0.2) is 0 Å². The van der Waals surface area contributed by atoms with E-state index in [9.17, 15) is 0 Å². The maximum Gasteiger partial charge on any atom is 0.147 e. The number of hydrogen-bond acceptors (Lipinski definition) is 6. The van der Waals surface area contributed by atoms with E-state index in [-0.39, 0.29) is 0 Å². The maximum absolute atomic E-state index is 6.08. The lowest BCUT2D eigenvalue weighted by Gasteiger charge is -2.38. The summed E-state index contributed by atoms with van der Waals surface area (Å²) < 4.78 is 4.35. The summed E-state index contributed by atoms with van der Waals surface area (Å²) in [5.74, 6) is 0.601. The van der Waals surface area contributed by atoms with Gasteiger partial charge in [0.05, 0.1) is 5.56 Å². The van der Waals surface area contributed by atoms with E-state index < -0.39 is 0 Å². The van der Waals surface area contributed by atoms with Crippen molar-refractivity contribution in [3.63, 3.8) is 0 Å². The van der Waals surface area contributed by atoms with Gasteiger partial charge >= 0.3 is 0 Å². The minimum atomic E-state index is 0.536. The Labute approximate surface area is 123 Å². The third-order valence-electron chi connectivity index (χ3n) is 3.90. The fourth-order valence-corrected chi connectivity index (χ4v) is 3.40. The number of nitrogen functional groups attached to an aromatic ring is 1. The number of rotatable bonds is 2. The molecule has 3 heterocycles. The Morgan fingerprint density at radius 1 is 1.40 bits per heavy atom. The molecule has 5 nitrogen and oxygen atoms in total. The van der Waals surface area contributed by atoms with Crippen LogP contribution in [-0.2, 0) is 0 Å². The number of hydrogen-bond donors (Lipinski definition) is 1. The predicted octanol–water partition coefficient (Wildman–Crippen LogP) is 1.93. The minimum absolute atomic E-state index is 0.536. The lowest BCUT2D eigenvalue weighted by molar-refractivity contribution is 0.234. The minimum Gasteiger partial charge on any atom is -0.382 e. The van der Waals surface area contributed by atoms with Crippen molar-refractivity contribution in [3.8, 4) is 11.1 Å². The van der Waals surface area contributed by atoms with Crippen LogP contribution in [0.5, 0.6) is 0 Å². The van der Waals surface area contributed by atoms with Crippen molar-refractivity contribution in [1.29, 1.82) is 0 Å². The number of pyridine rings is 1. The summed E-state index contributed by atoms with van der Waals surface area (Å²) >= 11 is 1.49. The molecule has 0 aliphatic carbocycles. The van der Waals surface area contributed by atoms with Crippen molar-refractivity contribution in [1.82, 2.24) is 14.3 Å². The van der Waals surface area contributed by atoms with Gasteiger partial charge in [-0.3, -0.25) is 4.98 Å². The summed E-state index contributed by atoms with van der Waals surface area (Å²) in [6.07, 6.45) is 3.63. The fourth-order valence-electron chi connectivity index (χ4n) is 2.52. The van der Waals surface area contributed by atoms with Gasteiger partial charge in [0.2, 0.25) is 0 Å². The van der Waals surface area contributed by atoms with Crippen LogP contribution < -0.4 is 10.6 Å². The fraction of sp³-hybridized carbons (Fsp3) is 0.429. The van der Waals surface area contributed by atoms with Gasteiger partial charge in [-0.05, 0) is 31.6 Å². The van der Waals surface area contributed by atoms with E-state index >= 15 is 0 Å². The molecule has 106 valence electrons. The Kier molecular flexibility index (Phi) is 3.58. The second kappa shape index (κ2) is 5.38. The van der Waals surface area contributed by atoms with Crippen LogP contribution >= 0.6 is 11.5 Å². The van der Waals surface area contributed by atoms with E-state index in [2.05, 4.69) is 33.1 Å². The normalized spacial score (nSPS) is 20.3. The highest BCUT2D eigenvalue weighted by molar-refractivity contribution is 7.11. The Bertz CT molecular complexity index is 583.